The van der Waals surface area contributed by atoms with E-state index in [2.05, 4.69) is 0 Å². The third kappa shape index (κ3) is 7.28. The molecule has 0 spiro atoms. The van der Waals surface area contributed by atoms with Gasteiger partial charge in [0.2, 0.25) is 0 Å². The maximum Gasteiger partial charge on any atom is 0.320 e. The van der Waals surface area contributed by atoms with Crippen LogP contribution in [0.2, 0.25) is 0 Å². The van der Waals surface area contributed by atoms with Crippen molar-refractivity contribution >= 4 is 11.9 Å². The second kappa shape index (κ2) is 11.5. The Hall–Kier alpha value is -1.06. The van der Waals surface area contributed by atoms with Crippen molar-refractivity contribution in [3.05, 3.63) is 0 Å². The zero-order valence-electron chi connectivity index (χ0n) is 14.3. The standard InChI is InChI=1S/C18H32O4/c1-3-5-12-21-17(19)16(18(20)22-13-6-4-2)14-15-10-8-7-9-11-15/h15-16H,3-14H2,1-2H3. The van der Waals surface area contributed by atoms with Crippen LogP contribution in [0.5, 0.6) is 0 Å². The fourth-order valence-electron chi connectivity index (χ4n) is 2.88. The van der Waals surface area contributed by atoms with Crippen molar-refractivity contribution in [2.45, 2.75) is 78.1 Å². The first-order chi connectivity index (χ1) is 10.7. The van der Waals surface area contributed by atoms with Crippen molar-refractivity contribution < 1.29 is 19.1 Å². The minimum Gasteiger partial charge on any atom is -0.465 e. The van der Waals surface area contributed by atoms with Gasteiger partial charge in [0.05, 0.1) is 13.2 Å². The van der Waals surface area contributed by atoms with Gasteiger partial charge in [-0.2, -0.15) is 0 Å². The molecule has 0 aromatic rings. The molecule has 128 valence electrons. The molecule has 0 saturated heterocycles. The van der Waals surface area contributed by atoms with E-state index in [0.717, 1.165) is 38.5 Å². The Labute approximate surface area is 134 Å². The van der Waals surface area contributed by atoms with E-state index in [4.69, 9.17) is 9.47 Å². The number of unbranched alkanes of at least 4 members (excludes halogenated alkanes) is 2. The van der Waals surface area contributed by atoms with Gasteiger partial charge < -0.3 is 9.47 Å². The van der Waals surface area contributed by atoms with Crippen LogP contribution in [0, 0.1) is 11.8 Å². The SMILES string of the molecule is CCCCOC(=O)C(CC1CCCCC1)C(=O)OCCCC. The van der Waals surface area contributed by atoms with E-state index < -0.39 is 5.92 Å². The highest BCUT2D eigenvalue weighted by atomic mass is 16.6. The molecule has 22 heavy (non-hydrogen) atoms. The summed E-state index contributed by atoms with van der Waals surface area (Å²) in [5.74, 6) is -1.05. The Bertz CT molecular complexity index is 299. The minimum absolute atomic E-state index is 0.388. The Balaban J connectivity index is 2.53. The molecule has 0 bridgehead atoms. The molecule has 1 aliphatic carbocycles. The average molecular weight is 312 g/mol. The lowest BCUT2D eigenvalue weighted by atomic mass is 9.83. The van der Waals surface area contributed by atoms with Gasteiger partial charge in [0, 0.05) is 0 Å². The van der Waals surface area contributed by atoms with Crippen LogP contribution in [0.25, 0.3) is 0 Å². The molecular formula is C18H32O4. The number of rotatable bonds is 10. The number of hydrogen-bond donors (Lipinski definition) is 0. The first-order valence-electron chi connectivity index (χ1n) is 9.02. The molecule has 4 nitrogen and oxygen atoms in total. The quantitative estimate of drug-likeness (QED) is 0.343. The van der Waals surface area contributed by atoms with Crippen molar-refractivity contribution in [3.8, 4) is 0 Å². The lowest BCUT2D eigenvalue weighted by Gasteiger charge is -2.24. The summed E-state index contributed by atoms with van der Waals surface area (Å²) >= 11 is 0. The molecule has 0 N–H and O–H groups in total. The molecule has 1 rings (SSSR count). The average Bonchev–Trinajstić information content (AvgIpc) is 2.54. The lowest BCUT2D eigenvalue weighted by Crippen LogP contribution is -2.31. The maximum atomic E-state index is 12.2. The summed E-state index contributed by atoms with van der Waals surface area (Å²) in [5, 5.41) is 0. The van der Waals surface area contributed by atoms with E-state index in [1.807, 2.05) is 13.8 Å². The summed E-state index contributed by atoms with van der Waals surface area (Å²) in [6.07, 6.45) is 10.1. The van der Waals surface area contributed by atoms with Gasteiger partial charge in [-0.25, -0.2) is 0 Å². The summed E-state index contributed by atoms with van der Waals surface area (Å²) in [6.45, 7) is 4.90. The van der Waals surface area contributed by atoms with Crippen LogP contribution in [-0.4, -0.2) is 25.2 Å². The minimum atomic E-state index is -0.725. The van der Waals surface area contributed by atoms with E-state index in [1.165, 1.54) is 19.3 Å². The highest BCUT2D eigenvalue weighted by Gasteiger charge is 2.32. The van der Waals surface area contributed by atoms with E-state index in [9.17, 15) is 9.59 Å². The predicted molar refractivity (Wildman–Crippen MR) is 86.4 cm³/mol. The fourth-order valence-corrected chi connectivity index (χ4v) is 2.88. The smallest absolute Gasteiger partial charge is 0.320 e. The van der Waals surface area contributed by atoms with Crippen molar-refractivity contribution in [2.24, 2.45) is 11.8 Å². The molecular weight excluding hydrogens is 280 g/mol. The molecule has 0 aliphatic heterocycles. The van der Waals surface area contributed by atoms with Gasteiger partial charge in [-0.1, -0.05) is 58.8 Å². The van der Waals surface area contributed by atoms with Crippen molar-refractivity contribution in [1.29, 1.82) is 0 Å². The number of hydrogen-bond acceptors (Lipinski definition) is 4. The molecule has 1 fully saturated rings. The zero-order valence-corrected chi connectivity index (χ0v) is 14.3. The normalized spacial score (nSPS) is 15.8. The molecule has 4 heteroatoms. The first kappa shape index (κ1) is 19.0. The second-order valence-electron chi connectivity index (χ2n) is 6.33. The monoisotopic (exact) mass is 312 g/mol. The predicted octanol–water partition coefficient (Wildman–Crippen LogP) is 4.26. The molecule has 0 amide bonds. The summed E-state index contributed by atoms with van der Waals surface area (Å²) < 4.78 is 10.5. The van der Waals surface area contributed by atoms with Crippen molar-refractivity contribution in [2.75, 3.05) is 13.2 Å². The highest BCUT2D eigenvalue weighted by Crippen LogP contribution is 2.30. The van der Waals surface area contributed by atoms with Gasteiger partial charge in [0.25, 0.3) is 0 Å². The molecule has 0 unspecified atom stereocenters. The number of carbonyl (C=O) groups is 2. The summed E-state index contributed by atoms with van der Waals surface area (Å²) in [4.78, 5) is 24.5. The van der Waals surface area contributed by atoms with Crippen LogP contribution < -0.4 is 0 Å². The number of carbonyl (C=O) groups excluding carboxylic acids is 2. The van der Waals surface area contributed by atoms with Gasteiger partial charge in [-0.3, -0.25) is 9.59 Å². The van der Waals surface area contributed by atoms with Crippen LogP contribution in [-0.2, 0) is 19.1 Å². The van der Waals surface area contributed by atoms with Crippen LogP contribution in [0.3, 0.4) is 0 Å². The fraction of sp³-hybridized carbons (Fsp3) is 0.889. The topological polar surface area (TPSA) is 52.6 Å². The van der Waals surface area contributed by atoms with Crippen molar-refractivity contribution in [3.63, 3.8) is 0 Å². The third-order valence-corrected chi connectivity index (χ3v) is 4.35. The molecule has 0 atom stereocenters. The van der Waals surface area contributed by atoms with Gasteiger partial charge >= 0.3 is 11.9 Å². The van der Waals surface area contributed by atoms with Crippen LogP contribution >= 0.6 is 0 Å². The molecule has 0 aromatic heterocycles. The van der Waals surface area contributed by atoms with Crippen molar-refractivity contribution in [1.82, 2.24) is 0 Å². The summed E-state index contributed by atoms with van der Waals surface area (Å²) in [7, 11) is 0. The highest BCUT2D eigenvalue weighted by molar-refractivity contribution is 5.94. The Kier molecular flexibility index (Phi) is 9.93. The van der Waals surface area contributed by atoms with Crippen LogP contribution in [0.15, 0.2) is 0 Å². The second-order valence-corrected chi connectivity index (χ2v) is 6.33. The van der Waals surface area contributed by atoms with Gasteiger partial charge in [0.1, 0.15) is 0 Å². The van der Waals surface area contributed by atoms with Gasteiger partial charge in [-0.05, 0) is 25.2 Å². The maximum absolute atomic E-state index is 12.2. The van der Waals surface area contributed by atoms with E-state index >= 15 is 0 Å². The van der Waals surface area contributed by atoms with E-state index in [-0.39, 0.29) is 11.9 Å². The molecule has 1 aliphatic rings. The van der Waals surface area contributed by atoms with E-state index in [0.29, 0.717) is 25.6 Å². The van der Waals surface area contributed by atoms with Crippen LogP contribution in [0.4, 0.5) is 0 Å². The number of ether oxygens (including phenoxy) is 2. The first-order valence-corrected chi connectivity index (χ1v) is 9.02. The molecule has 0 heterocycles. The van der Waals surface area contributed by atoms with Gasteiger partial charge in [0.15, 0.2) is 5.92 Å². The Morgan fingerprint density at radius 1 is 0.909 bits per heavy atom. The zero-order chi connectivity index (χ0) is 16.2. The third-order valence-electron chi connectivity index (χ3n) is 4.35. The number of esters is 2. The Morgan fingerprint density at radius 2 is 1.41 bits per heavy atom. The molecule has 1 saturated carbocycles. The van der Waals surface area contributed by atoms with E-state index in [1.54, 1.807) is 0 Å². The van der Waals surface area contributed by atoms with Gasteiger partial charge in [-0.15, -0.1) is 0 Å². The largest absolute Gasteiger partial charge is 0.465 e. The molecule has 0 radical (unpaired) electrons. The summed E-state index contributed by atoms with van der Waals surface area (Å²) in [5.41, 5.74) is 0. The summed E-state index contributed by atoms with van der Waals surface area (Å²) in [6, 6.07) is 0. The van der Waals surface area contributed by atoms with Crippen LogP contribution in [0.1, 0.15) is 78.1 Å². The molecule has 0 aromatic carbocycles. The Morgan fingerprint density at radius 3 is 1.86 bits per heavy atom. The lowest BCUT2D eigenvalue weighted by molar-refractivity contribution is -0.163.